The summed E-state index contributed by atoms with van der Waals surface area (Å²) in [6.45, 7) is 0. The molecule has 0 aromatic heterocycles. The Labute approximate surface area is 88.5 Å². The number of aryl methyl sites for hydroxylation is 1. The zero-order valence-electron chi connectivity index (χ0n) is 8.36. The molecule has 1 atom stereocenters. The monoisotopic (exact) mass is 200 g/mol. The van der Waals surface area contributed by atoms with Gasteiger partial charge in [-0.25, -0.2) is 0 Å². The van der Waals surface area contributed by atoms with E-state index < -0.39 is 0 Å². The van der Waals surface area contributed by atoms with Crippen LogP contribution in [0.1, 0.15) is 40.4 Å². The summed E-state index contributed by atoms with van der Waals surface area (Å²) >= 11 is 0. The number of Topliss-reactive ketones (excluding diaryl/α,β-unsaturated/α-hetero) is 1. The van der Waals surface area contributed by atoms with Crippen LogP contribution in [0.25, 0.3) is 0 Å². The van der Waals surface area contributed by atoms with Crippen molar-refractivity contribution in [2.45, 2.75) is 25.3 Å². The summed E-state index contributed by atoms with van der Waals surface area (Å²) in [6, 6.07) is 7.49. The van der Waals surface area contributed by atoms with E-state index in [0.717, 1.165) is 18.4 Å². The standard InChI is InChI=1S/C12H12N2O/c13-6-5-12(15)9-2-1-8-3-4-11(14)10(8)7-9/h1-2,7,11H,3-5,14H2. The second-order valence-electron chi connectivity index (χ2n) is 3.82. The van der Waals surface area contributed by atoms with Crippen LogP contribution in [0, 0.1) is 11.3 Å². The molecule has 0 saturated heterocycles. The minimum Gasteiger partial charge on any atom is -0.324 e. The van der Waals surface area contributed by atoms with Crippen LogP contribution >= 0.6 is 0 Å². The molecule has 3 heteroatoms. The van der Waals surface area contributed by atoms with Gasteiger partial charge in [-0.1, -0.05) is 12.1 Å². The number of hydrogen-bond donors (Lipinski definition) is 1. The Balaban J connectivity index is 2.34. The van der Waals surface area contributed by atoms with Crippen LogP contribution in [0.4, 0.5) is 0 Å². The number of nitriles is 1. The first kappa shape index (κ1) is 9.88. The molecule has 0 fully saturated rings. The lowest BCUT2D eigenvalue weighted by atomic mass is 10.0. The molecule has 2 N–H and O–H groups in total. The number of hydrogen-bond acceptors (Lipinski definition) is 3. The van der Waals surface area contributed by atoms with Gasteiger partial charge in [-0.2, -0.15) is 5.26 Å². The summed E-state index contributed by atoms with van der Waals surface area (Å²) in [6.07, 6.45) is 1.88. The first-order chi connectivity index (χ1) is 7.22. The number of carbonyl (C=O) groups excluding carboxylic acids is 1. The van der Waals surface area contributed by atoms with Crippen LogP contribution in [0.15, 0.2) is 18.2 Å². The molecule has 0 heterocycles. The van der Waals surface area contributed by atoms with Gasteiger partial charge in [0.25, 0.3) is 0 Å². The van der Waals surface area contributed by atoms with E-state index in [0.29, 0.717) is 5.56 Å². The third-order valence-corrected chi connectivity index (χ3v) is 2.83. The first-order valence-corrected chi connectivity index (χ1v) is 5.01. The fourth-order valence-corrected chi connectivity index (χ4v) is 1.98. The van der Waals surface area contributed by atoms with Gasteiger partial charge in [0.15, 0.2) is 5.78 Å². The minimum atomic E-state index is -0.126. The molecule has 0 spiro atoms. The maximum Gasteiger partial charge on any atom is 0.176 e. The molecule has 1 unspecified atom stereocenters. The number of nitrogens with zero attached hydrogens (tertiary/aromatic N) is 1. The van der Waals surface area contributed by atoms with Crippen LogP contribution in [-0.2, 0) is 6.42 Å². The Morgan fingerprint density at radius 2 is 2.40 bits per heavy atom. The lowest BCUT2D eigenvalue weighted by molar-refractivity contribution is 0.0997. The summed E-state index contributed by atoms with van der Waals surface area (Å²) in [5.41, 5.74) is 8.82. The highest BCUT2D eigenvalue weighted by Crippen LogP contribution is 2.30. The molecule has 0 radical (unpaired) electrons. The van der Waals surface area contributed by atoms with Gasteiger partial charge < -0.3 is 5.73 Å². The smallest absolute Gasteiger partial charge is 0.176 e. The van der Waals surface area contributed by atoms with Crippen molar-refractivity contribution in [2.75, 3.05) is 0 Å². The maximum atomic E-state index is 11.5. The zero-order chi connectivity index (χ0) is 10.8. The van der Waals surface area contributed by atoms with E-state index in [1.54, 1.807) is 6.07 Å². The molecule has 1 aliphatic rings. The first-order valence-electron chi connectivity index (χ1n) is 5.01. The fraction of sp³-hybridized carbons (Fsp3) is 0.333. The Bertz CT molecular complexity index is 445. The number of rotatable bonds is 2. The third-order valence-electron chi connectivity index (χ3n) is 2.83. The van der Waals surface area contributed by atoms with Crippen molar-refractivity contribution in [3.8, 4) is 6.07 Å². The predicted molar refractivity (Wildman–Crippen MR) is 56.3 cm³/mol. The predicted octanol–water partition coefficient (Wildman–Crippen LogP) is 1.73. The lowest BCUT2D eigenvalue weighted by Gasteiger charge is -2.06. The number of carbonyl (C=O) groups is 1. The van der Waals surface area contributed by atoms with Gasteiger partial charge in [0, 0.05) is 11.6 Å². The van der Waals surface area contributed by atoms with Gasteiger partial charge in [0.2, 0.25) is 0 Å². The van der Waals surface area contributed by atoms with Crippen LogP contribution in [-0.4, -0.2) is 5.78 Å². The van der Waals surface area contributed by atoms with Gasteiger partial charge in [0.05, 0.1) is 12.5 Å². The molecule has 1 aromatic carbocycles. The second-order valence-corrected chi connectivity index (χ2v) is 3.82. The van der Waals surface area contributed by atoms with Crippen molar-refractivity contribution in [1.82, 2.24) is 0 Å². The highest BCUT2D eigenvalue weighted by molar-refractivity contribution is 5.97. The molecule has 2 rings (SSSR count). The number of fused-ring (bicyclic) bond motifs is 1. The highest BCUT2D eigenvalue weighted by atomic mass is 16.1. The van der Waals surface area contributed by atoms with Gasteiger partial charge in [-0.3, -0.25) is 4.79 Å². The summed E-state index contributed by atoms with van der Waals surface area (Å²) in [5.74, 6) is -0.126. The molecule has 0 saturated carbocycles. The van der Waals surface area contributed by atoms with Gasteiger partial charge in [-0.05, 0) is 30.0 Å². The van der Waals surface area contributed by atoms with Gasteiger partial charge in [-0.15, -0.1) is 0 Å². The largest absolute Gasteiger partial charge is 0.324 e. The normalized spacial score (nSPS) is 18.3. The summed E-state index contributed by atoms with van der Waals surface area (Å²) in [7, 11) is 0. The third kappa shape index (κ3) is 1.77. The van der Waals surface area contributed by atoms with E-state index in [-0.39, 0.29) is 18.2 Å². The Kier molecular flexibility index (Phi) is 2.53. The molecule has 0 amide bonds. The topological polar surface area (TPSA) is 66.9 Å². The van der Waals surface area contributed by atoms with E-state index >= 15 is 0 Å². The van der Waals surface area contributed by atoms with Crippen molar-refractivity contribution in [3.05, 3.63) is 34.9 Å². The molecule has 76 valence electrons. The number of ketones is 1. The SMILES string of the molecule is N#CCC(=O)c1ccc2c(c1)C(N)CC2. The van der Waals surface area contributed by atoms with Crippen molar-refractivity contribution >= 4 is 5.78 Å². The van der Waals surface area contributed by atoms with E-state index in [1.807, 2.05) is 18.2 Å². The fourth-order valence-electron chi connectivity index (χ4n) is 1.98. The van der Waals surface area contributed by atoms with Crippen LogP contribution in [0.5, 0.6) is 0 Å². The van der Waals surface area contributed by atoms with Crippen LogP contribution in [0.2, 0.25) is 0 Å². The molecular weight excluding hydrogens is 188 g/mol. The van der Waals surface area contributed by atoms with Crippen LogP contribution in [0.3, 0.4) is 0 Å². The Hall–Kier alpha value is -1.66. The van der Waals surface area contributed by atoms with Crippen molar-refractivity contribution < 1.29 is 4.79 Å². The average Bonchev–Trinajstić information content (AvgIpc) is 2.60. The Morgan fingerprint density at radius 3 is 3.13 bits per heavy atom. The van der Waals surface area contributed by atoms with Crippen LogP contribution < -0.4 is 5.73 Å². The molecule has 3 nitrogen and oxygen atoms in total. The number of benzene rings is 1. The quantitative estimate of drug-likeness (QED) is 0.739. The molecule has 0 aliphatic heterocycles. The Morgan fingerprint density at radius 1 is 1.60 bits per heavy atom. The molecule has 1 aliphatic carbocycles. The summed E-state index contributed by atoms with van der Waals surface area (Å²) in [4.78, 5) is 11.5. The maximum absolute atomic E-state index is 11.5. The minimum absolute atomic E-state index is 0.0508. The van der Waals surface area contributed by atoms with E-state index in [4.69, 9.17) is 11.0 Å². The van der Waals surface area contributed by atoms with E-state index in [2.05, 4.69) is 0 Å². The van der Waals surface area contributed by atoms with Gasteiger partial charge >= 0.3 is 0 Å². The molecule has 1 aromatic rings. The van der Waals surface area contributed by atoms with E-state index in [9.17, 15) is 4.79 Å². The van der Waals surface area contributed by atoms with E-state index in [1.165, 1.54) is 5.56 Å². The lowest BCUT2D eigenvalue weighted by Crippen LogP contribution is -2.07. The van der Waals surface area contributed by atoms with Crippen molar-refractivity contribution in [3.63, 3.8) is 0 Å². The summed E-state index contributed by atoms with van der Waals surface area (Å²) < 4.78 is 0. The second kappa shape index (κ2) is 3.84. The van der Waals surface area contributed by atoms with Gasteiger partial charge in [0.1, 0.15) is 0 Å². The zero-order valence-corrected chi connectivity index (χ0v) is 8.36. The molecule has 15 heavy (non-hydrogen) atoms. The average molecular weight is 200 g/mol. The molecular formula is C12H12N2O. The van der Waals surface area contributed by atoms with Crippen molar-refractivity contribution in [2.24, 2.45) is 5.73 Å². The van der Waals surface area contributed by atoms with Crippen molar-refractivity contribution in [1.29, 1.82) is 5.26 Å². The summed E-state index contributed by atoms with van der Waals surface area (Å²) in [5, 5.41) is 8.45. The molecule has 0 bridgehead atoms. The number of nitrogens with two attached hydrogens (primary N) is 1. The highest BCUT2D eigenvalue weighted by Gasteiger charge is 2.20.